The number of hydrogen-bond donors (Lipinski definition) is 1. The van der Waals surface area contributed by atoms with Gasteiger partial charge in [0.05, 0.1) is 38.6 Å². The molecule has 43 heavy (non-hydrogen) atoms. The fourth-order valence-electron chi connectivity index (χ4n) is 4.99. The Balaban J connectivity index is 1.49. The maximum atomic E-state index is 13.9. The molecule has 0 saturated heterocycles. The van der Waals surface area contributed by atoms with Gasteiger partial charge in [-0.05, 0) is 47.2 Å². The molecule has 0 spiro atoms. The smallest absolute Gasteiger partial charge is 0.374 e. The van der Waals surface area contributed by atoms with Crippen LogP contribution in [0.2, 0.25) is 0 Å². The van der Waals surface area contributed by atoms with Crippen molar-refractivity contribution in [1.29, 1.82) is 0 Å². The van der Waals surface area contributed by atoms with Gasteiger partial charge in [-0.3, -0.25) is 9.05 Å². The summed E-state index contributed by atoms with van der Waals surface area (Å²) >= 11 is 0. The van der Waals surface area contributed by atoms with Crippen LogP contribution in [-0.4, -0.2) is 25.4 Å². The first-order valence-electron chi connectivity index (χ1n) is 14.8. The average molecular weight is 602 g/mol. The lowest BCUT2D eigenvalue weighted by Crippen LogP contribution is -2.31. The van der Waals surface area contributed by atoms with Crippen LogP contribution in [0.1, 0.15) is 59.1 Å². The van der Waals surface area contributed by atoms with Crippen LogP contribution in [-0.2, 0) is 36.3 Å². The summed E-state index contributed by atoms with van der Waals surface area (Å²) in [6.07, 6.45) is -1.22. The molecule has 2 unspecified atom stereocenters. The third kappa shape index (κ3) is 9.97. The summed E-state index contributed by atoms with van der Waals surface area (Å²) in [5, 5.41) is 0. The van der Waals surface area contributed by atoms with Crippen LogP contribution in [0.25, 0.3) is 0 Å². The highest BCUT2D eigenvalue weighted by molar-refractivity contribution is 7.51. The van der Waals surface area contributed by atoms with Crippen molar-refractivity contribution in [3.63, 3.8) is 0 Å². The third-order valence-corrected chi connectivity index (χ3v) is 9.06. The summed E-state index contributed by atoms with van der Waals surface area (Å²) in [6.45, 7) is 9.34. The van der Waals surface area contributed by atoms with Gasteiger partial charge in [0.1, 0.15) is 0 Å². The lowest BCUT2D eigenvalue weighted by Gasteiger charge is -2.31. The molecule has 0 aliphatic heterocycles. The van der Waals surface area contributed by atoms with Gasteiger partial charge in [-0.2, -0.15) is 0 Å². The number of aryl methyl sites for hydroxylation is 2. The molecule has 0 bridgehead atoms. The molecule has 0 radical (unpaired) electrons. The van der Waals surface area contributed by atoms with E-state index in [1.54, 1.807) is 0 Å². The SMILES string of the molecule is Cc1ccccc1COCC(OP(N)(=O)OC(COCc1ccccc1C)[C@H](C)c1ccccc1)[C@H](C)c1ccccc1. The van der Waals surface area contributed by atoms with E-state index in [1.165, 1.54) is 0 Å². The zero-order valence-electron chi connectivity index (χ0n) is 25.6. The van der Waals surface area contributed by atoms with Gasteiger partial charge in [0.15, 0.2) is 0 Å². The third-order valence-electron chi connectivity index (χ3n) is 7.93. The van der Waals surface area contributed by atoms with Gasteiger partial charge in [-0.1, -0.05) is 123 Å². The minimum atomic E-state index is -4.06. The van der Waals surface area contributed by atoms with E-state index in [2.05, 4.69) is 26.0 Å². The maximum absolute atomic E-state index is 13.9. The van der Waals surface area contributed by atoms with Crippen LogP contribution in [0.3, 0.4) is 0 Å². The molecule has 4 aromatic carbocycles. The predicted octanol–water partition coefficient (Wildman–Crippen LogP) is 8.48. The van der Waals surface area contributed by atoms with Gasteiger partial charge >= 0.3 is 7.75 Å². The molecular formula is C36H44NO5P. The first-order valence-corrected chi connectivity index (χ1v) is 16.4. The van der Waals surface area contributed by atoms with Gasteiger partial charge in [-0.15, -0.1) is 0 Å². The standard InChI is InChI=1S/C36H44NO5P/c1-27-15-11-13-21-33(27)23-39-25-35(29(3)31-17-7-5-8-18-31)41-43(37,38)42-36(30(4)32-19-9-6-10-20-32)26-40-24-34-22-14-12-16-28(34)2/h5-22,29-30,35-36H,23-26H2,1-4H3,(H2,37,38)/t29-,30-,35?,36?,43?/m1/s1. The maximum Gasteiger partial charge on any atom is 0.403 e. The van der Waals surface area contributed by atoms with E-state index in [9.17, 15) is 4.57 Å². The van der Waals surface area contributed by atoms with Gasteiger partial charge in [-0.25, -0.2) is 10.1 Å². The van der Waals surface area contributed by atoms with Crippen LogP contribution >= 0.6 is 7.75 Å². The molecule has 0 heterocycles. The van der Waals surface area contributed by atoms with E-state index in [0.29, 0.717) is 13.2 Å². The number of hydrogen-bond acceptors (Lipinski definition) is 5. The molecular weight excluding hydrogens is 557 g/mol. The van der Waals surface area contributed by atoms with Crippen molar-refractivity contribution < 1.29 is 23.1 Å². The Bertz CT molecular complexity index is 1340. The fourth-order valence-corrected chi connectivity index (χ4v) is 6.28. The highest BCUT2D eigenvalue weighted by Crippen LogP contribution is 2.46. The summed E-state index contributed by atoms with van der Waals surface area (Å²) in [5.74, 6) is -0.304. The minimum absolute atomic E-state index is 0.152. The molecule has 6 nitrogen and oxygen atoms in total. The Morgan fingerprint density at radius 3 is 1.30 bits per heavy atom. The highest BCUT2D eigenvalue weighted by Gasteiger charge is 2.34. The zero-order valence-corrected chi connectivity index (χ0v) is 26.5. The van der Waals surface area contributed by atoms with Gasteiger partial charge in [0.25, 0.3) is 0 Å². The Labute approximate surface area is 256 Å². The quantitative estimate of drug-likeness (QED) is 0.130. The summed E-state index contributed by atoms with van der Waals surface area (Å²) < 4.78 is 38.4. The second-order valence-electron chi connectivity index (χ2n) is 11.1. The molecule has 4 atom stereocenters. The van der Waals surface area contributed by atoms with Crippen LogP contribution < -0.4 is 5.50 Å². The average Bonchev–Trinajstić information content (AvgIpc) is 3.02. The molecule has 228 valence electrons. The molecule has 0 fully saturated rings. The van der Waals surface area contributed by atoms with Crippen LogP contribution in [0, 0.1) is 13.8 Å². The summed E-state index contributed by atoms with van der Waals surface area (Å²) in [4.78, 5) is 0. The van der Waals surface area contributed by atoms with E-state index in [4.69, 9.17) is 24.0 Å². The van der Waals surface area contributed by atoms with E-state index in [-0.39, 0.29) is 25.0 Å². The molecule has 0 amide bonds. The second kappa shape index (κ2) is 16.1. The topological polar surface area (TPSA) is 80.0 Å². The lowest BCUT2D eigenvalue weighted by molar-refractivity contribution is -0.00455. The van der Waals surface area contributed by atoms with E-state index in [1.807, 2.05) is 111 Å². The lowest BCUT2D eigenvalue weighted by atomic mass is 9.96. The molecule has 0 aliphatic rings. The molecule has 4 rings (SSSR count). The van der Waals surface area contributed by atoms with Crippen molar-refractivity contribution in [1.82, 2.24) is 0 Å². The molecule has 7 heteroatoms. The molecule has 0 saturated carbocycles. The molecule has 0 aromatic heterocycles. The predicted molar refractivity (Wildman–Crippen MR) is 173 cm³/mol. The molecule has 2 N–H and O–H groups in total. The van der Waals surface area contributed by atoms with Crippen LogP contribution in [0.15, 0.2) is 109 Å². The van der Waals surface area contributed by atoms with E-state index >= 15 is 0 Å². The molecule has 4 aromatic rings. The van der Waals surface area contributed by atoms with E-state index < -0.39 is 20.0 Å². The van der Waals surface area contributed by atoms with Crippen LogP contribution in [0.5, 0.6) is 0 Å². The normalized spacial score (nSPS) is 15.7. The zero-order chi connectivity index (χ0) is 30.7. The minimum Gasteiger partial charge on any atom is -0.374 e. The van der Waals surface area contributed by atoms with Crippen molar-refractivity contribution in [2.45, 2.75) is 65.0 Å². The highest BCUT2D eigenvalue weighted by atomic mass is 31.2. The summed E-state index contributed by atoms with van der Waals surface area (Å²) in [7, 11) is -4.06. The van der Waals surface area contributed by atoms with E-state index in [0.717, 1.165) is 33.4 Å². The summed E-state index contributed by atoms with van der Waals surface area (Å²) in [6, 6.07) is 36.0. The van der Waals surface area contributed by atoms with Crippen molar-refractivity contribution >= 4 is 7.75 Å². The number of benzene rings is 4. The summed E-state index contributed by atoms with van der Waals surface area (Å²) in [5.41, 5.74) is 12.9. The van der Waals surface area contributed by atoms with Crippen molar-refractivity contribution in [2.24, 2.45) is 5.50 Å². The first kappa shape index (κ1) is 32.8. The Morgan fingerprint density at radius 1 is 0.581 bits per heavy atom. The van der Waals surface area contributed by atoms with Crippen molar-refractivity contribution in [2.75, 3.05) is 13.2 Å². The van der Waals surface area contributed by atoms with Crippen molar-refractivity contribution in [3.05, 3.63) is 143 Å². The fraction of sp³-hybridized carbons (Fsp3) is 0.333. The number of rotatable bonds is 16. The van der Waals surface area contributed by atoms with Crippen molar-refractivity contribution in [3.8, 4) is 0 Å². The Kier molecular flexibility index (Phi) is 12.3. The first-order chi connectivity index (χ1) is 20.7. The van der Waals surface area contributed by atoms with Gasteiger partial charge in [0, 0.05) is 11.8 Å². The van der Waals surface area contributed by atoms with Gasteiger partial charge < -0.3 is 9.47 Å². The van der Waals surface area contributed by atoms with Gasteiger partial charge in [0.2, 0.25) is 0 Å². The molecule has 0 aliphatic carbocycles. The largest absolute Gasteiger partial charge is 0.403 e. The Morgan fingerprint density at radius 2 is 0.930 bits per heavy atom. The monoisotopic (exact) mass is 601 g/mol. The second-order valence-corrected chi connectivity index (χ2v) is 12.6. The number of nitrogens with two attached hydrogens (primary N) is 1. The number of ether oxygens (including phenoxy) is 2. The van der Waals surface area contributed by atoms with Crippen LogP contribution in [0.4, 0.5) is 0 Å². The Hall–Kier alpha value is -3.09.